The van der Waals surface area contributed by atoms with Crippen molar-refractivity contribution >= 4 is 35.0 Å². The monoisotopic (exact) mass is 377 g/mol. The van der Waals surface area contributed by atoms with Crippen LogP contribution in [0.25, 0.3) is 0 Å². The third-order valence-electron chi connectivity index (χ3n) is 3.66. The average Bonchev–Trinajstić information content (AvgIpc) is 2.70. The number of hydrogen-bond donors (Lipinski definition) is 2. The highest BCUT2D eigenvalue weighted by atomic mass is 32.2. The Labute approximate surface area is 162 Å². The van der Waals surface area contributed by atoms with Crippen LogP contribution in [0.5, 0.6) is 0 Å². The molecule has 6 heteroatoms. The highest BCUT2D eigenvalue weighted by Crippen LogP contribution is 2.17. The van der Waals surface area contributed by atoms with Crippen molar-refractivity contribution in [3.63, 3.8) is 0 Å². The largest absolute Gasteiger partial charge is 0.325 e. The lowest BCUT2D eigenvalue weighted by atomic mass is 10.2. The van der Waals surface area contributed by atoms with Crippen LogP contribution < -0.4 is 10.6 Å². The van der Waals surface area contributed by atoms with Crippen molar-refractivity contribution < 1.29 is 9.59 Å². The van der Waals surface area contributed by atoms with E-state index in [0.29, 0.717) is 22.7 Å². The zero-order chi connectivity index (χ0) is 18.9. The van der Waals surface area contributed by atoms with Crippen molar-refractivity contribution in [3.05, 3.63) is 90.3 Å². The van der Waals surface area contributed by atoms with Crippen LogP contribution in [0.2, 0.25) is 0 Å². The molecule has 0 aliphatic heterocycles. The minimum Gasteiger partial charge on any atom is -0.325 e. The van der Waals surface area contributed by atoms with Crippen molar-refractivity contribution in [3.8, 4) is 0 Å². The second kappa shape index (κ2) is 9.54. The zero-order valence-corrected chi connectivity index (χ0v) is 15.4. The fourth-order valence-corrected chi connectivity index (χ4v) is 3.18. The van der Waals surface area contributed by atoms with Crippen LogP contribution in [0.15, 0.2) is 79.1 Å². The molecule has 0 bridgehead atoms. The number of pyridine rings is 1. The van der Waals surface area contributed by atoms with Gasteiger partial charge in [-0.25, -0.2) is 0 Å². The fraction of sp³-hybridized carbons (Fsp3) is 0.0952. The van der Waals surface area contributed by atoms with Crippen LogP contribution in [-0.2, 0) is 10.5 Å². The van der Waals surface area contributed by atoms with E-state index in [1.54, 1.807) is 48.8 Å². The topological polar surface area (TPSA) is 71.1 Å². The van der Waals surface area contributed by atoms with Gasteiger partial charge in [-0.15, -0.1) is 11.8 Å². The molecular weight excluding hydrogens is 358 g/mol. The van der Waals surface area contributed by atoms with E-state index in [4.69, 9.17) is 0 Å². The Morgan fingerprint density at radius 2 is 1.67 bits per heavy atom. The SMILES string of the molecule is O=C(CSCc1cccnc1)Nc1cccc(NC(=O)c2ccccc2)c1. The first-order valence-electron chi connectivity index (χ1n) is 8.44. The third-order valence-corrected chi connectivity index (χ3v) is 4.67. The summed E-state index contributed by atoms with van der Waals surface area (Å²) < 4.78 is 0. The van der Waals surface area contributed by atoms with Gasteiger partial charge in [-0.05, 0) is 42.0 Å². The van der Waals surface area contributed by atoms with Crippen molar-refractivity contribution in [2.75, 3.05) is 16.4 Å². The van der Waals surface area contributed by atoms with Gasteiger partial charge in [-0.3, -0.25) is 14.6 Å². The molecule has 2 amide bonds. The number of benzene rings is 2. The van der Waals surface area contributed by atoms with E-state index in [1.807, 2.05) is 30.3 Å². The summed E-state index contributed by atoms with van der Waals surface area (Å²) in [5.41, 5.74) is 2.94. The molecule has 3 aromatic rings. The average molecular weight is 377 g/mol. The van der Waals surface area contributed by atoms with Gasteiger partial charge in [0.15, 0.2) is 0 Å². The van der Waals surface area contributed by atoms with Gasteiger partial charge in [0.05, 0.1) is 5.75 Å². The minimum absolute atomic E-state index is 0.0876. The van der Waals surface area contributed by atoms with Gasteiger partial charge in [-0.2, -0.15) is 0 Å². The highest BCUT2D eigenvalue weighted by Gasteiger charge is 2.07. The number of nitrogens with zero attached hydrogens (tertiary/aromatic N) is 1. The maximum Gasteiger partial charge on any atom is 0.255 e. The fourth-order valence-electron chi connectivity index (χ4n) is 2.41. The summed E-state index contributed by atoms with van der Waals surface area (Å²) in [6, 6.07) is 20.0. The molecule has 0 aliphatic rings. The van der Waals surface area contributed by atoms with Crippen LogP contribution in [0.3, 0.4) is 0 Å². The second-order valence-corrected chi connectivity index (χ2v) is 6.79. The summed E-state index contributed by atoms with van der Waals surface area (Å²) in [5.74, 6) is 0.797. The maximum absolute atomic E-state index is 12.2. The molecule has 5 nitrogen and oxygen atoms in total. The number of nitrogens with one attached hydrogen (secondary N) is 2. The number of amides is 2. The molecule has 136 valence electrons. The number of anilines is 2. The third kappa shape index (κ3) is 5.97. The van der Waals surface area contributed by atoms with Crippen LogP contribution >= 0.6 is 11.8 Å². The molecule has 0 atom stereocenters. The van der Waals surface area contributed by atoms with E-state index < -0.39 is 0 Å². The molecule has 0 saturated heterocycles. The van der Waals surface area contributed by atoms with Crippen molar-refractivity contribution in [2.45, 2.75) is 5.75 Å². The molecule has 1 aromatic heterocycles. The number of hydrogen-bond acceptors (Lipinski definition) is 4. The van der Waals surface area contributed by atoms with Gasteiger partial charge in [0.2, 0.25) is 5.91 Å². The van der Waals surface area contributed by atoms with Crippen molar-refractivity contribution in [1.82, 2.24) is 4.98 Å². The van der Waals surface area contributed by atoms with Gasteiger partial charge >= 0.3 is 0 Å². The first-order valence-corrected chi connectivity index (χ1v) is 9.59. The highest BCUT2D eigenvalue weighted by molar-refractivity contribution is 7.99. The summed E-state index contributed by atoms with van der Waals surface area (Å²) in [4.78, 5) is 28.4. The lowest BCUT2D eigenvalue weighted by Gasteiger charge is -2.09. The van der Waals surface area contributed by atoms with Crippen LogP contribution in [0.1, 0.15) is 15.9 Å². The molecule has 2 N–H and O–H groups in total. The Morgan fingerprint density at radius 1 is 0.889 bits per heavy atom. The smallest absolute Gasteiger partial charge is 0.255 e. The minimum atomic E-state index is -0.189. The lowest BCUT2D eigenvalue weighted by Crippen LogP contribution is -2.15. The second-order valence-electron chi connectivity index (χ2n) is 5.80. The predicted molar refractivity (Wildman–Crippen MR) is 110 cm³/mol. The quantitative estimate of drug-likeness (QED) is 0.647. The van der Waals surface area contributed by atoms with Gasteiger partial charge in [0, 0.05) is 35.1 Å². The van der Waals surface area contributed by atoms with Gasteiger partial charge in [0.1, 0.15) is 0 Å². The van der Waals surface area contributed by atoms with Crippen molar-refractivity contribution in [1.29, 1.82) is 0 Å². The van der Waals surface area contributed by atoms with E-state index in [0.717, 1.165) is 11.3 Å². The Kier molecular flexibility index (Phi) is 6.60. The van der Waals surface area contributed by atoms with E-state index in [-0.39, 0.29) is 11.8 Å². The van der Waals surface area contributed by atoms with Crippen molar-refractivity contribution in [2.24, 2.45) is 0 Å². The molecule has 0 radical (unpaired) electrons. The maximum atomic E-state index is 12.2. The summed E-state index contributed by atoms with van der Waals surface area (Å²) in [6.45, 7) is 0. The van der Waals surface area contributed by atoms with E-state index >= 15 is 0 Å². The molecule has 27 heavy (non-hydrogen) atoms. The zero-order valence-electron chi connectivity index (χ0n) is 14.6. The first kappa shape index (κ1) is 18.7. The molecular formula is C21H19N3O2S. The Bertz CT molecular complexity index is 902. The van der Waals surface area contributed by atoms with Crippen LogP contribution in [0.4, 0.5) is 11.4 Å². The molecule has 0 unspecified atom stereocenters. The Hall–Kier alpha value is -3.12. The normalized spacial score (nSPS) is 10.2. The summed E-state index contributed by atoms with van der Waals surface area (Å²) in [7, 11) is 0. The van der Waals surface area contributed by atoms with Crippen LogP contribution in [0, 0.1) is 0 Å². The Morgan fingerprint density at radius 3 is 2.41 bits per heavy atom. The predicted octanol–water partition coefficient (Wildman–Crippen LogP) is 4.21. The van der Waals surface area contributed by atoms with E-state index in [2.05, 4.69) is 15.6 Å². The number of carbonyl (C=O) groups excluding carboxylic acids is 2. The molecule has 3 rings (SSSR count). The summed E-state index contributed by atoms with van der Waals surface area (Å²) >= 11 is 1.52. The molecule has 0 saturated carbocycles. The molecule has 0 aliphatic carbocycles. The number of thioether (sulfide) groups is 1. The van der Waals surface area contributed by atoms with Gasteiger partial charge in [0.25, 0.3) is 5.91 Å². The standard InChI is InChI=1S/C21H19N3O2S/c25-20(15-27-14-16-6-5-11-22-13-16)23-18-9-4-10-19(12-18)24-21(26)17-7-2-1-3-8-17/h1-13H,14-15H2,(H,23,25)(H,24,26). The number of aromatic nitrogens is 1. The lowest BCUT2D eigenvalue weighted by molar-refractivity contribution is -0.113. The Balaban J connectivity index is 1.51. The molecule has 0 spiro atoms. The summed E-state index contributed by atoms with van der Waals surface area (Å²) in [6.07, 6.45) is 3.52. The van der Waals surface area contributed by atoms with Gasteiger partial charge in [-0.1, -0.05) is 30.3 Å². The van der Waals surface area contributed by atoms with E-state index in [9.17, 15) is 9.59 Å². The first-order chi connectivity index (χ1) is 13.2. The summed E-state index contributed by atoms with van der Waals surface area (Å²) in [5, 5.41) is 5.69. The molecule has 2 aromatic carbocycles. The number of carbonyl (C=O) groups is 2. The van der Waals surface area contributed by atoms with E-state index in [1.165, 1.54) is 11.8 Å². The van der Waals surface area contributed by atoms with Gasteiger partial charge < -0.3 is 10.6 Å². The van der Waals surface area contributed by atoms with Crippen LogP contribution in [-0.4, -0.2) is 22.6 Å². The number of rotatable bonds is 7. The molecule has 1 heterocycles. The molecule has 0 fully saturated rings.